The fourth-order valence-corrected chi connectivity index (χ4v) is 2.94. The highest BCUT2D eigenvalue weighted by molar-refractivity contribution is 7.98. The zero-order valence-electron chi connectivity index (χ0n) is 10.1. The van der Waals surface area contributed by atoms with E-state index >= 15 is 0 Å². The molecule has 0 bridgehead atoms. The molecule has 1 aromatic rings. The second-order valence-electron chi connectivity index (χ2n) is 4.12. The fraction of sp³-hybridized carbons (Fsp3) is 0.571. The molecule has 0 atom stereocenters. The molecule has 1 rings (SSSR count). The van der Waals surface area contributed by atoms with E-state index in [-0.39, 0.29) is 0 Å². The zero-order chi connectivity index (χ0) is 11.6. The number of hydrogen-bond donors (Lipinski definition) is 1. The summed E-state index contributed by atoms with van der Waals surface area (Å²) >= 11 is 6.28. The lowest BCUT2D eigenvalue weighted by Gasteiger charge is -2.05. The highest BCUT2D eigenvalue weighted by atomic mass is 32.2. The Morgan fingerprint density at radius 1 is 1.06 bits per heavy atom. The normalized spacial score (nSPS) is 10.6. The third-order valence-electron chi connectivity index (χ3n) is 2.72. The molecular weight excluding hydrogens is 232 g/mol. The van der Waals surface area contributed by atoms with Crippen LogP contribution in [0.5, 0.6) is 0 Å². The molecule has 0 aliphatic heterocycles. The Kier molecular flexibility index (Phi) is 7.87. The molecule has 0 spiro atoms. The van der Waals surface area contributed by atoms with Crippen molar-refractivity contribution in [1.29, 1.82) is 0 Å². The summed E-state index contributed by atoms with van der Waals surface area (Å²) in [6.45, 7) is 2.20. The number of unbranched alkanes of at least 4 members (excludes halogenated alkanes) is 3. The van der Waals surface area contributed by atoms with Crippen molar-refractivity contribution in [3.05, 3.63) is 35.4 Å². The van der Waals surface area contributed by atoms with E-state index in [4.69, 9.17) is 0 Å². The van der Waals surface area contributed by atoms with Gasteiger partial charge in [0.05, 0.1) is 0 Å². The lowest BCUT2D eigenvalue weighted by atomic mass is 10.1. The predicted octanol–water partition coefficient (Wildman–Crippen LogP) is 4.72. The molecule has 0 N–H and O–H groups in total. The van der Waals surface area contributed by atoms with E-state index in [9.17, 15) is 0 Å². The van der Waals surface area contributed by atoms with Gasteiger partial charge >= 0.3 is 0 Å². The third kappa shape index (κ3) is 5.86. The summed E-state index contributed by atoms with van der Waals surface area (Å²) in [5.41, 5.74) is 2.91. The first-order chi connectivity index (χ1) is 7.84. The van der Waals surface area contributed by atoms with Gasteiger partial charge in [-0.25, -0.2) is 0 Å². The number of thiol groups is 1. The lowest BCUT2D eigenvalue weighted by molar-refractivity contribution is 0.712. The number of benzene rings is 1. The van der Waals surface area contributed by atoms with Crippen LogP contribution in [-0.2, 0) is 5.75 Å². The van der Waals surface area contributed by atoms with Crippen molar-refractivity contribution in [1.82, 2.24) is 0 Å². The van der Waals surface area contributed by atoms with Crippen molar-refractivity contribution < 1.29 is 0 Å². The predicted molar refractivity (Wildman–Crippen MR) is 79.7 cm³/mol. The van der Waals surface area contributed by atoms with Gasteiger partial charge in [-0.2, -0.15) is 24.4 Å². The minimum atomic E-state index is 1.04. The van der Waals surface area contributed by atoms with Crippen LogP contribution < -0.4 is 0 Å². The molecule has 0 aliphatic rings. The van der Waals surface area contributed by atoms with Gasteiger partial charge in [0.15, 0.2) is 0 Å². The Labute approximate surface area is 110 Å². The monoisotopic (exact) mass is 254 g/mol. The molecule has 0 fully saturated rings. The minimum absolute atomic E-state index is 1.04. The first kappa shape index (κ1) is 14.0. The van der Waals surface area contributed by atoms with Crippen LogP contribution in [-0.4, -0.2) is 11.5 Å². The molecule has 0 amide bonds. The van der Waals surface area contributed by atoms with Gasteiger partial charge in [-0.3, -0.25) is 0 Å². The fourth-order valence-electron chi connectivity index (χ4n) is 1.62. The van der Waals surface area contributed by atoms with Crippen LogP contribution >= 0.6 is 24.4 Å². The van der Waals surface area contributed by atoms with Crippen LogP contribution in [0.2, 0.25) is 0 Å². The molecule has 0 aromatic heterocycles. The Balaban J connectivity index is 2.05. The van der Waals surface area contributed by atoms with E-state index in [0.717, 1.165) is 5.75 Å². The summed E-state index contributed by atoms with van der Waals surface area (Å²) in [6, 6.07) is 8.68. The zero-order valence-corrected chi connectivity index (χ0v) is 11.8. The first-order valence-corrected chi connectivity index (χ1v) is 7.86. The maximum atomic E-state index is 4.22. The van der Waals surface area contributed by atoms with Crippen molar-refractivity contribution in [2.75, 3.05) is 11.5 Å². The molecule has 1 aromatic carbocycles. The van der Waals surface area contributed by atoms with Gasteiger partial charge in [0.25, 0.3) is 0 Å². The number of thioether (sulfide) groups is 1. The smallest absolute Gasteiger partial charge is 0.0187 e. The SMILES string of the molecule is Cc1ccccc1CSCCCCCCS. The first-order valence-electron chi connectivity index (χ1n) is 6.07. The van der Waals surface area contributed by atoms with Crippen LogP contribution in [0.1, 0.15) is 36.8 Å². The Hall–Kier alpha value is -0.0800. The average Bonchev–Trinajstić information content (AvgIpc) is 2.30. The van der Waals surface area contributed by atoms with E-state index in [1.165, 1.54) is 48.3 Å². The van der Waals surface area contributed by atoms with E-state index in [0.29, 0.717) is 0 Å². The second kappa shape index (κ2) is 9.00. The molecule has 0 saturated heterocycles. The Bertz CT molecular complexity index is 284. The summed E-state index contributed by atoms with van der Waals surface area (Å²) in [5.74, 6) is 3.50. The Morgan fingerprint density at radius 2 is 1.81 bits per heavy atom. The Morgan fingerprint density at radius 3 is 2.56 bits per heavy atom. The van der Waals surface area contributed by atoms with Crippen LogP contribution in [0.4, 0.5) is 0 Å². The number of rotatable bonds is 8. The van der Waals surface area contributed by atoms with Crippen molar-refractivity contribution in [2.24, 2.45) is 0 Å². The van der Waals surface area contributed by atoms with Crippen LogP contribution in [0.15, 0.2) is 24.3 Å². The molecule has 0 saturated carbocycles. The van der Waals surface area contributed by atoms with Crippen molar-refractivity contribution in [2.45, 2.75) is 38.4 Å². The van der Waals surface area contributed by atoms with Gasteiger partial charge in [-0.1, -0.05) is 37.1 Å². The number of hydrogen-bond acceptors (Lipinski definition) is 2. The van der Waals surface area contributed by atoms with Crippen LogP contribution in [0.3, 0.4) is 0 Å². The summed E-state index contributed by atoms with van der Waals surface area (Å²) in [4.78, 5) is 0. The standard InChI is InChI=1S/C14H22S2/c1-13-8-4-5-9-14(13)12-16-11-7-3-2-6-10-15/h4-5,8-9,15H,2-3,6-7,10-12H2,1H3. The van der Waals surface area contributed by atoms with Crippen molar-refractivity contribution in [3.63, 3.8) is 0 Å². The molecule has 0 heterocycles. The maximum Gasteiger partial charge on any atom is 0.0187 e. The third-order valence-corrected chi connectivity index (χ3v) is 4.12. The summed E-state index contributed by atoms with van der Waals surface area (Å²) in [7, 11) is 0. The summed E-state index contributed by atoms with van der Waals surface area (Å²) < 4.78 is 0. The van der Waals surface area contributed by atoms with E-state index in [1.807, 2.05) is 0 Å². The molecular formula is C14H22S2. The molecule has 90 valence electrons. The van der Waals surface area contributed by atoms with E-state index < -0.39 is 0 Å². The summed E-state index contributed by atoms with van der Waals surface area (Å²) in [5, 5.41) is 0. The molecule has 2 heteroatoms. The van der Waals surface area contributed by atoms with Crippen LogP contribution in [0, 0.1) is 6.92 Å². The topological polar surface area (TPSA) is 0 Å². The highest BCUT2D eigenvalue weighted by Crippen LogP contribution is 2.17. The molecule has 0 nitrogen and oxygen atoms in total. The van der Waals surface area contributed by atoms with Crippen molar-refractivity contribution in [3.8, 4) is 0 Å². The molecule has 16 heavy (non-hydrogen) atoms. The quantitative estimate of drug-likeness (QED) is 0.517. The largest absolute Gasteiger partial charge is 0.179 e. The minimum Gasteiger partial charge on any atom is -0.179 e. The molecule has 0 aliphatic carbocycles. The second-order valence-corrected chi connectivity index (χ2v) is 5.67. The number of aryl methyl sites for hydroxylation is 1. The average molecular weight is 254 g/mol. The van der Waals surface area contributed by atoms with Gasteiger partial charge in [0.1, 0.15) is 0 Å². The van der Waals surface area contributed by atoms with Gasteiger partial charge < -0.3 is 0 Å². The van der Waals surface area contributed by atoms with Crippen molar-refractivity contribution >= 4 is 24.4 Å². The van der Waals surface area contributed by atoms with Gasteiger partial charge in [0.2, 0.25) is 0 Å². The van der Waals surface area contributed by atoms with E-state index in [2.05, 4.69) is 55.6 Å². The lowest BCUT2D eigenvalue weighted by Crippen LogP contribution is -1.88. The summed E-state index contributed by atoms with van der Waals surface area (Å²) in [6.07, 6.45) is 5.33. The van der Waals surface area contributed by atoms with Gasteiger partial charge in [-0.05, 0) is 42.4 Å². The van der Waals surface area contributed by atoms with Crippen LogP contribution in [0.25, 0.3) is 0 Å². The maximum absolute atomic E-state index is 4.22. The van der Waals surface area contributed by atoms with E-state index in [1.54, 1.807) is 0 Å². The van der Waals surface area contributed by atoms with Gasteiger partial charge in [0, 0.05) is 5.75 Å². The van der Waals surface area contributed by atoms with Gasteiger partial charge in [-0.15, -0.1) is 0 Å². The molecule has 0 unspecified atom stereocenters. The highest BCUT2D eigenvalue weighted by Gasteiger charge is 1.97. The molecule has 0 radical (unpaired) electrons.